The van der Waals surface area contributed by atoms with Crippen LogP contribution < -0.4 is 5.32 Å². The lowest BCUT2D eigenvalue weighted by Crippen LogP contribution is -2.19. The van der Waals surface area contributed by atoms with E-state index in [1.54, 1.807) is 0 Å². The molecule has 2 fully saturated rings. The summed E-state index contributed by atoms with van der Waals surface area (Å²) in [6.07, 6.45) is 12.8. The molecule has 1 aromatic heterocycles. The lowest BCUT2D eigenvalue weighted by atomic mass is 10.1. The monoisotopic (exact) mass is 231 g/mol. The number of hydrogen-bond donors (Lipinski definition) is 1. The first-order chi connectivity index (χ1) is 8.36. The molecule has 2 aliphatic carbocycles. The molecule has 1 heterocycles. The van der Waals surface area contributed by atoms with E-state index in [1.165, 1.54) is 37.0 Å². The Kier molecular flexibility index (Phi) is 3.02. The lowest BCUT2D eigenvalue weighted by molar-refractivity contribution is 0.716. The number of nitrogens with zero attached hydrogens (tertiary/aromatic N) is 2. The van der Waals surface area contributed by atoms with E-state index in [-0.39, 0.29) is 0 Å². The van der Waals surface area contributed by atoms with Gasteiger partial charge in [-0.15, -0.1) is 0 Å². The fourth-order valence-electron chi connectivity index (χ4n) is 2.13. The van der Waals surface area contributed by atoms with Gasteiger partial charge in [-0.2, -0.15) is 0 Å². The predicted octanol–water partition coefficient (Wildman–Crippen LogP) is 2.76. The van der Waals surface area contributed by atoms with Crippen molar-refractivity contribution in [2.75, 3.05) is 6.54 Å². The minimum absolute atomic E-state index is 0.721. The van der Waals surface area contributed by atoms with Crippen LogP contribution in [0.2, 0.25) is 0 Å². The molecule has 2 saturated carbocycles. The molecule has 3 heteroatoms. The molecular formula is C14H21N3. The molecular weight excluding hydrogens is 210 g/mol. The van der Waals surface area contributed by atoms with Gasteiger partial charge in [0.1, 0.15) is 0 Å². The van der Waals surface area contributed by atoms with Gasteiger partial charge in [0.2, 0.25) is 0 Å². The summed E-state index contributed by atoms with van der Waals surface area (Å²) >= 11 is 0. The highest BCUT2D eigenvalue weighted by Gasteiger charge is 2.25. The Morgan fingerprint density at radius 2 is 2.29 bits per heavy atom. The van der Waals surface area contributed by atoms with Gasteiger partial charge in [0, 0.05) is 18.6 Å². The number of imidazole rings is 1. The highest BCUT2D eigenvalue weighted by Crippen LogP contribution is 2.36. The Balaban J connectivity index is 1.69. The van der Waals surface area contributed by atoms with Crippen molar-refractivity contribution in [3.63, 3.8) is 0 Å². The molecule has 0 saturated heterocycles. The van der Waals surface area contributed by atoms with Crippen molar-refractivity contribution in [3.8, 4) is 0 Å². The average Bonchev–Trinajstić information content (AvgIpc) is 3.25. The van der Waals surface area contributed by atoms with Gasteiger partial charge in [-0.05, 0) is 38.2 Å². The van der Waals surface area contributed by atoms with E-state index in [2.05, 4.69) is 27.9 Å². The van der Waals surface area contributed by atoms with Crippen LogP contribution in [0.5, 0.6) is 0 Å². The Morgan fingerprint density at radius 1 is 1.47 bits per heavy atom. The first-order valence-electron chi connectivity index (χ1n) is 6.81. The van der Waals surface area contributed by atoms with Crippen LogP contribution in [-0.2, 0) is 0 Å². The van der Waals surface area contributed by atoms with Gasteiger partial charge in [0.25, 0.3) is 0 Å². The van der Waals surface area contributed by atoms with Crippen LogP contribution in [-0.4, -0.2) is 22.1 Å². The van der Waals surface area contributed by atoms with E-state index in [0.29, 0.717) is 0 Å². The van der Waals surface area contributed by atoms with Crippen LogP contribution in [0.1, 0.15) is 50.8 Å². The predicted molar refractivity (Wildman–Crippen MR) is 69.8 cm³/mol. The Morgan fingerprint density at radius 3 is 2.94 bits per heavy atom. The summed E-state index contributed by atoms with van der Waals surface area (Å²) in [5.41, 5.74) is 2.77. The molecule has 3 nitrogen and oxygen atoms in total. The van der Waals surface area contributed by atoms with Crippen LogP contribution in [0.4, 0.5) is 0 Å². The first kappa shape index (κ1) is 11.0. The molecule has 0 atom stereocenters. The second-order valence-electron chi connectivity index (χ2n) is 5.27. The van der Waals surface area contributed by atoms with E-state index in [9.17, 15) is 0 Å². The quantitative estimate of drug-likeness (QED) is 0.816. The second-order valence-corrected chi connectivity index (χ2v) is 5.27. The van der Waals surface area contributed by atoms with Gasteiger partial charge in [0.15, 0.2) is 0 Å². The molecule has 0 aromatic carbocycles. The standard InChI is InChI=1S/C14H21N3/c1-2-11(8-16-12-3-4-12)7-14-9-15-10-17(14)13-5-6-13/h7,9-10,12-13,16H,2-6,8H2,1H3. The summed E-state index contributed by atoms with van der Waals surface area (Å²) < 4.78 is 2.33. The van der Waals surface area contributed by atoms with Gasteiger partial charge in [-0.25, -0.2) is 4.98 Å². The van der Waals surface area contributed by atoms with Gasteiger partial charge in [0.05, 0.1) is 18.2 Å². The number of aromatic nitrogens is 2. The fraction of sp³-hybridized carbons (Fsp3) is 0.643. The van der Waals surface area contributed by atoms with Crippen LogP contribution in [0, 0.1) is 0 Å². The summed E-state index contributed by atoms with van der Waals surface area (Å²) in [6.45, 7) is 3.27. The lowest BCUT2D eigenvalue weighted by Gasteiger charge is -2.08. The van der Waals surface area contributed by atoms with Crippen molar-refractivity contribution >= 4 is 6.08 Å². The zero-order valence-corrected chi connectivity index (χ0v) is 10.5. The van der Waals surface area contributed by atoms with Crippen molar-refractivity contribution in [1.82, 2.24) is 14.9 Å². The number of nitrogens with one attached hydrogen (secondary N) is 1. The largest absolute Gasteiger partial charge is 0.328 e. The molecule has 0 amide bonds. The minimum Gasteiger partial charge on any atom is -0.328 e. The van der Waals surface area contributed by atoms with Gasteiger partial charge in [-0.1, -0.05) is 12.5 Å². The van der Waals surface area contributed by atoms with E-state index in [4.69, 9.17) is 0 Å². The fourth-order valence-corrected chi connectivity index (χ4v) is 2.13. The third kappa shape index (κ3) is 2.78. The first-order valence-corrected chi connectivity index (χ1v) is 6.81. The molecule has 92 valence electrons. The highest BCUT2D eigenvalue weighted by molar-refractivity contribution is 5.49. The normalized spacial score (nSPS) is 20.9. The van der Waals surface area contributed by atoms with Crippen molar-refractivity contribution < 1.29 is 0 Å². The summed E-state index contributed by atoms with van der Waals surface area (Å²) in [7, 11) is 0. The minimum atomic E-state index is 0.721. The number of hydrogen-bond acceptors (Lipinski definition) is 2. The van der Waals surface area contributed by atoms with Crippen molar-refractivity contribution in [2.24, 2.45) is 0 Å². The third-order valence-electron chi connectivity index (χ3n) is 3.64. The number of rotatable bonds is 6. The van der Waals surface area contributed by atoms with E-state index >= 15 is 0 Å². The molecule has 17 heavy (non-hydrogen) atoms. The summed E-state index contributed by atoms with van der Waals surface area (Å²) in [6, 6.07) is 1.51. The van der Waals surface area contributed by atoms with Crippen molar-refractivity contribution in [2.45, 2.75) is 51.1 Å². The molecule has 2 aliphatic rings. The summed E-state index contributed by atoms with van der Waals surface area (Å²) in [4.78, 5) is 4.28. The molecule has 0 bridgehead atoms. The molecule has 0 radical (unpaired) electrons. The van der Waals surface area contributed by atoms with E-state index in [0.717, 1.165) is 25.0 Å². The van der Waals surface area contributed by atoms with Crippen LogP contribution in [0.3, 0.4) is 0 Å². The second kappa shape index (κ2) is 4.65. The van der Waals surface area contributed by atoms with Gasteiger partial charge >= 0.3 is 0 Å². The maximum Gasteiger partial charge on any atom is 0.0953 e. The Labute approximate surface area is 103 Å². The molecule has 0 spiro atoms. The van der Waals surface area contributed by atoms with Crippen LogP contribution in [0.25, 0.3) is 6.08 Å². The molecule has 1 N–H and O–H groups in total. The van der Waals surface area contributed by atoms with Crippen molar-refractivity contribution in [3.05, 3.63) is 23.8 Å². The molecule has 0 unspecified atom stereocenters. The van der Waals surface area contributed by atoms with Gasteiger partial charge < -0.3 is 9.88 Å². The Bertz CT molecular complexity index is 411. The smallest absolute Gasteiger partial charge is 0.0953 e. The SMILES string of the molecule is CCC(=Cc1cncn1C1CC1)CNC1CC1. The molecule has 0 aliphatic heterocycles. The van der Waals surface area contributed by atoms with Crippen LogP contribution >= 0.6 is 0 Å². The third-order valence-corrected chi connectivity index (χ3v) is 3.64. The zero-order valence-electron chi connectivity index (χ0n) is 10.5. The average molecular weight is 231 g/mol. The highest BCUT2D eigenvalue weighted by atomic mass is 15.1. The van der Waals surface area contributed by atoms with Crippen LogP contribution in [0.15, 0.2) is 18.1 Å². The van der Waals surface area contributed by atoms with Gasteiger partial charge in [-0.3, -0.25) is 0 Å². The molecule has 1 aromatic rings. The van der Waals surface area contributed by atoms with E-state index in [1.807, 2.05) is 12.5 Å². The summed E-state index contributed by atoms with van der Waals surface area (Å²) in [5, 5.41) is 3.59. The maximum atomic E-state index is 4.28. The zero-order chi connectivity index (χ0) is 11.7. The Hall–Kier alpha value is -1.09. The maximum absolute atomic E-state index is 4.28. The topological polar surface area (TPSA) is 29.9 Å². The molecule has 3 rings (SSSR count). The van der Waals surface area contributed by atoms with Crippen molar-refractivity contribution in [1.29, 1.82) is 0 Å². The van der Waals surface area contributed by atoms with E-state index < -0.39 is 0 Å². The summed E-state index contributed by atoms with van der Waals surface area (Å²) in [5.74, 6) is 0.